The van der Waals surface area contributed by atoms with Crippen LogP contribution in [-0.4, -0.2) is 58.3 Å². The molecule has 2 aromatic heterocycles. The van der Waals surface area contributed by atoms with Crippen molar-refractivity contribution in [3.63, 3.8) is 0 Å². The fourth-order valence-electron chi connectivity index (χ4n) is 3.32. The Balaban J connectivity index is 1.61. The SMILES string of the molecule is COC1C[C@]12CN(c1ncc(Br)cn1)CCN2c1ncccn1. The molecule has 7 nitrogen and oxygen atoms in total. The average Bonchev–Trinajstić information content (AvgIpc) is 3.29. The molecule has 2 fully saturated rings. The van der Waals surface area contributed by atoms with E-state index in [9.17, 15) is 0 Å². The summed E-state index contributed by atoms with van der Waals surface area (Å²) in [5.41, 5.74) is -0.0925. The Hall–Kier alpha value is -1.80. The van der Waals surface area contributed by atoms with Gasteiger partial charge < -0.3 is 14.5 Å². The first-order valence-corrected chi connectivity index (χ1v) is 8.32. The molecule has 3 heterocycles. The Labute approximate surface area is 142 Å². The van der Waals surface area contributed by atoms with Gasteiger partial charge in [0.05, 0.1) is 16.1 Å². The molecular formula is C15H17BrN6O. The average molecular weight is 377 g/mol. The van der Waals surface area contributed by atoms with E-state index in [1.807, 2.05) is 6.07 Å². The second-order valence-corrected chi connectivity index (χ2v) is 6.77. The van der Waals surface area contributed by atoms with Crippen LogP contribution in [0.5, 0.6) is 0 Å². The van der Waals surface area contributed by atoms with E-state index in [0.717, 1.165) is 42.4 Å². The van der Waals surface area contributed by atoms with E-state index < -0.39 is 0 Å². The van der Waals surface area contributed by atoms with Crippen LogP contribution < -0.4 is 9.80 Å². The number of hydrogen-bond donors (Lipinski definition) is 0. The molecule has 0 radical (unpaired) electrons. The number of piperazine rings is 1. The second kappa shape index (κ2) is 5.68. The Morgan fingerprint density at radius 1 is 1.13 bits per heavy atom. The van der Waals surface area contributed by atoms with Crippen LogP contribution in [0.1, 0.15) is 6.42 Å². The first kappa shape index (κ1) is 14.8. The largest absolute Gasteiger partial charge is 0.379 e. The van der Waals surface area contributed by atoms with Gasteiger partial charge in [0.2, 0.25) is 11.9 Å². The predicted octanol–water partition coefficient (Wildman–Crippen LogP) is 1.51. The van der Waals surface area contributed by atoms with Gasteiger partial charge in [-0.1, -0.05) is 0 Å². The van der Waals surface area contributed by atoms with Crippen molar-refractivity contribution in [2.24, 2.45) is 0 Å². The molecule has 1 spiro atoms. The third-order valence-corrected chi connectivity index (χ3v) is 4.95. The number of aromatic nitrogens is 4. The van der Waals surface area contributed by atoms with Crippen LogP contribution in [-0.2, 0) is 4.74 Å². The summed E-state index contributed by atoms with van der Waals surface area (Å²) in [5.74, 6) is 1.52. The minimum atomic E-state index is -0.0925. The first-order valence-electron chi connectivity index (χ1n) is 7.53. The second-order valence-electron chi connectivity index (χ2n) is 5.86. The van der Waals surface area contributed by atoms with E-state index >= 15 is 0 Å². The molecule has 2 aliphatic rings. The molecule has 0 amide bonds. The van der Waals surface area contributed by atoms with Crippen molar-refractivity contribution in [1.82, 2.24) is 19.9 Å². The van der Waals surface area contributed by atoms with Crippen molar-refractivity contribution in [2.45, 2.75) is 18.1 Å². The summed E-state index contributed by atoms with van der Waals surface area (Å²) in [6, 6.07) is 1.84. The number of halogens is 1. The molecule has 23 heavy (non-hydrogen) atoms. The monoisotopic (exact) mass is 376 g/mol. The molecule has 0 aromatic carbocycles. The van der Waals surface area contributed by atoms with E-state index in [1.54, 1.807) is 31.9 Å². The number of hydrogen-bond acceptors (Lipinski definition) is 7. The lowest BCUT2D eigenvalue weighted by Gasteiger charge is -2.42. The van der Waals surface area contributed by atoms with E-state index in [-0.39, 0.29) is 11.6 Å². The molecule has 2 aromatic rings. The van der Waals surface area contributed by atoms with Crippen molar-refractivity contribution in [2.75, 3.05) is 36.5 Å². The van der Waals surface area contributed by atoms with Crippen molar-refractivity contribution < 1.29 is 4.74 Å². The van der Waals surface area contributed by atoms with Gasteiger partial charge in [-0.05, 0) is 22.0 Å². The smallest absolute Gasteiger partial charge is 0.225 e. The summed E-state index contributed by atoms with van der Waals surface area (Å²) in [5, 5.41) is 0. The Kier molecular flexibility index (Phi) is 3.65. The summed E-state index contributed by atoms with van der Waals surface area (Å²) in [6.07, 6.45) is 8.28. The van der Waals surface area contributed by atoms with Gasteiger partial charge >= 0.3 is 0 Å². The molecule has 1 unspecified atom stereocenters. The van der Waals surface area contributed by atoms with Crippen LogP contribution in [0.3, 0.4) is 0 Å². The van der Waals surface area contributed by atoms with Gasteiger partial charge in [0.25, 0.3) is 0 Å². The molecule has 0 bridgehead atoms. The molecule has 8 heteroatoms. The van der Waals surface area contributed by atoms with E-state index in [1.165, 1.54) is 0 Å². The lowest BCUT2D eigenvalue weighted by Crippen LogP contribution is -2.58. The molecule has 120 valence electrons. The summed E-state index contributed by atoms with van der Waals surface area (Å²) in [6.45, 7) is 2.47. The third kappa shape index (κ3) is 2.55. The van der Waals surface area contributed by atoms with E-state index in [0.29, 0.717) is 0 Å². The Bertz CT molecular complexity index is 684. The zero-order valence-electron chi connectivity index (χ0n) is 12.8. The predicted molar refractivity (Wildman–Crippen MR) is 89.5 cm³/mol. The summed E-state index contributed by atoms with van der Waals surface area (Å²) in [7, 11) is 1.76. The zero-order chi connectivity index (χ0) is 15.9. The summed E-state index contributed by atoms with van der Waals surface area (Å²) >= 11 is 3.38. The minimum absolute atomic E-state index is 0.0925. The van der Waals surface area contributed by atoms with Crippen molar-refractivity contribution in [3.05, 3.63) is 35.3 Å². The van der Waals surface area contributed by atoms with Crippen molar-refractivity contribution in [3.8, 4) is 0 Å². The fourth-order valence-corrected chi connectivity index (χ4v) is 3.53. The quantitative estimate of drug-likeness (QED) is 0.803. The maximum absolute atomic E-state index is 5.64. The van der Waals surface area contributed by atoms with Crippen LogP contribution in [0.2, 0.25) is 0 Å². The third-order valence-electron chi connectivity index (χ3n) is 4.54. The van der Waals surface area contributed by atoms with Gasteiger partial charge in [0.15, 0.2) is 0 Å². The topological polar surface area (TPSA) is 67.3 Å². The van der Waals surface area contributed by atoms with E-state index in [2.05, 4.69) is 45.7 Å². The minimum Gasteiger partial charge on any atom is -0.379 e. The fraction of sp³-hybridized carbons (Fsp3) is 0.467. The highest BCUT2D eigenvalue weighted by atomic mass is 79.9. The highest BCUT2D eigenvalue weighted by molar-refractivity contribution is 9.10. The normalized spacial score (nSPS) is 26.6. The van der Waals surface area contributed by atoms with Gasteiger partial charge in [0.1, 0.15) is 0 Å². The van der Waals surface area contributed by atoms with Crippen LogP contribution >= 0.6 is 15.9 Å². The summed E-state index contributed by atoms with van der Waals surface area (Å²) in [4.78, 5) is 22.2. The van der Waals surface area contributed by atoms with Crippen LogP contribution in [0, 0.1) is 0 Å². The summed E-state index contributed by atoms with van der Waals surface area (Å²) < 4.78 is 6.52. The molecule has 1 saturated heterocycles. The lowest BCUT2D eigenvalue weighted by atomic mass is 10.1. The number of rotatable bonds is 3. The number of anilines is 2. The molecule has 0 N–H and O–H groups in total. The van der Waals surface area contributed by atoms with Crippen molar-refractivity contribution in [1.29, 1.82) is 0 Å². The maximum atomic E-state index is 5.64. The molecule has 2 atom stereocenters. The maximum Gasteiger partial charge on any atom is 0.225 e. The molecular weight excluding hydrogens is 360 g/mol. The Morgan fingerprint density at radius 3 is 2.52 bits per heavy atom. The van der Waals surface area contributed by atoms with Gasteiger partial charge in [-0.2, -0.15) is 0 Å². The molecule has 4 rings (SSSR count). The zero-order valence-corrected chi connectivity index (χ0v) is 14.3. The van der Waals surface area contributed by atoms with Gasteiger partial charge in [0, 0.05) is 58.0 Å². The van der Waals surface area contributed by atoms with Crippen LogP contribution in [0.4, 0.5) is 11.9 Å². The van der Waals surface area contributed by atoms with Gasteiger partial charge in [-0.3, -0.25) is 0 Å². The first-order chi connectivity index (χ1) is 11.2. The van der Waals surface area contributed by atoms with Gasteiger partial charge in [-0.25, -0.2) is 19.9 Å². The van der Waals surface area contributed by atoms with Crippen molar-refractivity contribution >= 4 is 27.8 Å². The molecule has 1 saturated carbocycles. The number of methoxy groups -OCH3 is 1. The highest BCUT2D eigenvalue weighted by Gasteiger charge is 2.62. The van der Waals surface area contributed by atoms with Crippen LogP contribution in [0.25, 0.3) is 0 Å². The van der Waals surface area contributed by atoms with E-state index in [4.69, 9.17) is 4.74 Å². The molecule has 1 aliphatic heterocycles. The van der Waals surface area contributed by atoms with Gasteiger partial charge in [-0.15, -0.1) is 0 Å². The number of nitrogens with zero attached hydrogens (tertiary/aromatic N) is 6. The lowest BCUT2D eigenvalue weighted by molar-refractivity contribution is 0.158. The number of ether oxygens (including phenoxy) is 1. The highest BCUT2D eigenvalue weighted by Crippen LogP contribution is 2.47. The molecule has 1 aliphatic carbocycles. The standard InChI is InChI=1S/C15H17BrN6O/c1-23-12-7-15(12)10-21(13-19-8-11(16)9-20-13)5-6-22(15)14-17-3-2-4-18-14/h2-4,8-9,12H,5-7,10H2,1H3/t12?,15-/m0/s1. The Morgan fingerprint density at radius 2 is 1.87 bits per heavy atom. The van der Waals surface area contributed by atoms with Crippen LogP contribution in [0.15, 0.2) is 35.3 Å².